The molecule has 8 aromatic carbocycles. The van der Waals surface area contributed by atoms with E-state index in [0.717, 1.165) is 22.3 Å². The minimum atomic E-state index is -2.49. The van der Waals surface area contributed by atoms with Crippen molar-refractivity contribution in [1.29, 1.82) is 0 Å². The van der Waals surface area contributed by atoms with Crippen LogP contribution < -0.4 is 0 Å². The largest absolute Gasteiger partial charge is 0.459 e. The number of hydrogen-bond acceptors (Lipinski definition) is 15. The Morgan fingerprint density at radius 2 is 0.735 bits per heavy atom. The fraction of sp³-hybridized carbons (Fsp3) is 0.235. The smallest absolute Gasteiger partial charge is 0.338 e. The summed E-state index contributed by atoms with van der Waals surface area (Å²) in [7, 11) is 0. The van der Waals surface area contributed by atoms with Crippen molar-refractivity contribution in [3.05, 3.63) is 287 Å². The Labute approximate surface area is 481 Å². The Morgan fingerprint density at radius 3 is 1.19 bits per heavy atom. The molecule has 424 valence electrons. The van der Waals surface area contributed by atoms with Crippen LogP contribution in [0.15, 0.2) is 243 Å². The summed E-state index contributed by atoms with van der Waals surface area (Å²) in [4.78, 5) is 57.3. The molecule has 0 bridgehead atoms. The first-order valence-electron chi connectivity index (χ1n) is 27.3. The maximum absolute atomic E-state index is 14.7. The summed E-state index contributed by atoms with van der Waals surface area (Å²) in [5.41, 5.74) is 4.02. The first-order chi connectivity index (χ1) is 40.8. The molecular formula is C68H62O15. The Hall–Kier alpha value is -8.64. The van der Waals surface area contributed by atoms with Crippen molar-refractivity contribution < 1.29 is 71.3 Å². The predicted octanol–water partition coefficient (Wildman–Crippen LogP) is 11.0. The molecule has 0 N–H and O–H groups in total. The molecule has 0 radical (unpaired) electrons. The molecule has 15 nitrogen and oxygen atoms in total. The highest BCUT2D eigenvalue weighted by molar-refractivity contribution is 5.91. The number of hydrogen-bond donors (Lipinski definition) is 0. The Morgan fingerprint density at radius 1 is 0.361 bits per heavy atom. The molecule has 2 saturated heterocycles. The Balaban J connectivity index is 1.11. The molecule has 2 aliphatic rings. The van der Waals surface area contributed by atoms with Gasteiger partial charge in [0.15, 0.2) is 18.5 Å². The highest BCUT2D eigenvalue weighted by Gasteiger charge is 2.65. The first kappa shape index (κ1) is 57.6. The predicted molar refractivity (Wildman–Crippen MR) is 303 cm³/mol. The molecule has 9 atom stereocenters. The van der Waals surface area contributed by atoms with Crippen molar-refractivity contribution in [2.75, 3.05) is 19.8 Å². The van der Waals surface area contributed by atoms with Gasteiger partial charge in [0.05, 0.1) is 55.3 Å². The van der Waals surface area contributed by atoms with Crippen molar-refractivity contribution in [1.82, 2.24) is 0 Å². The maximum Gasteiger partial charge on any atom is 0.338 e. The second-order valence-corrected chi connectivity index (χ2v) is 19.7. The molecule has 2 fully saturated rings. The quantitative estimate of drug-likeness (QED) is 0.0391. The topological polar surface area (TPSA) is 170 Å². The third-order valence-electron chi connectivity index (χ3n) is 13.9. The lowest BCUT2D eigenvalue weighted by atomic mass is 9.97. The average molecular weight is 1120 g/mol. The van der Waals surface area contributed by atoms with Gasteiger partial charge in [-0.1, -0.05) is 194 Å². The molecular weight excluding hydrogens is 1060 g/mol. The summed E-state index contributed by atoms with van der Waals surface area (Å²) < 4.78 is 74.1. The van der Waals surface area contributed by atoms with Crippen molar-refractivity contribution >= 4 is 23.9 Å². The van der Waals surface area contributed by atoms with Gasteiger partial charge >= 0.3 is 23.9 Å². The number of esters is 4. The zero-order chi connectivity index (χ0) is 57.1. The fourth-order valence-corrected chi connectivity index (χ4v) is 9.71. The Bertz CT molecular complexity index is 3270. The van der Waals surface area contributed by atoms with Crippen molar-refractivity contribution in [3.63, 3.8) is 0 Å². The van der Waals surface area contributed by atoms with E-state index in [2.05, 4.69) is 0 Å². The van der Waals surface area contributed by atoms with E-state index in [0.29, 0.717) is 0 Å². The number of ether oxygens (including phenoxy) is 11. The van der Waals surface area contributed by atoms with Crippen LogP contribution in [0.25, 0.3) is 0 Å². The van der Waals surface area contributed by atoms with Crippen molar-refractivity contribution in [3.8, 4) is 0 Å². The van der Waals surface area contributed by atoms with Crippen molar-refractivity contribution in [2.24, 2.45) is 0 Å². The van der Waals surface area contributed by atoms with Gasteiger partial charge in [-0.05, 0) is 70.8 Å². The van der Waals surface area contributed by atoms with Crippen LogP contribution >= 0.6 is 0 Å². The van der Waals surface area contributed by atoms with Crippen LogP contribution in [-0.4, -0.2) is 98.5 Å². The maximum atomic E-state index is 14.7. The van der Waals surface area contributed by atoms with Crippen LogP contribution in [0.4, 0.5) is 0 Å². The van der Waals surface area contributed by atoms with Crippen LogP contribution in [0.3, 0.4) is 0 Å². The second kappa shape index (κ2) is 28.9. The van der Waals surface area contributed by atoms with E-state index in [-0.39, 0.29) is 55.3 Å². The van der Waals surface area contributed by atoms with Gasteiger partial charge in [0.25, 0.3) is 0 Å². The highest BCUT2D eigenvalue weighted by atomic mass is 16.8. The lowest BCUT2D eigenvalue weighted by molar-refractivity contribution is -0.393. The minimum Gasteiger partial charge on any atom is -0.459 e. The number of benzene rings is 8. The zero-order valence-electron chi connectivity index (χ0n) is 45.3. The standard InChI is InChI=1S/C68H62O15/c69-63(52-33-17-5-18-34-52)77-46-57-59(80-65(71)54-37-21-7-22-38-54)62(81-66(72)55-39-23-8-24-40-55)68(82-57,47-78-64(70)53-35-19-6-20-36-53)83-67-61(76-44-51-31-15-4-16-32-51)60(75-43-50-29-13-3-14-30-50)58(74-42-49-27-11-2-12-28-49)56(79-67)45-73-41-48-25-9-1-10-26-48/h1-40,56-62,67H,41-47H2/t56-,57-,58-,59-,60+,61+,62+,67?,68?/m1/s1. The van der Waals surface area contributed by atoms with Crippen LogP contribution in [-0.2, 0) is 78.5 Å². The number of rotatable bonds is 25. The van der Waals surface area contributed by atoms with Crippen molar-refractivity contribution in [2.45, 2.75) is 81.2 Å². The van der Waals surface area contributed by atoms with E-state index < -0.39 is 91.9 Å². The van der Waals surface area contributed by atoms with Gasteiger partial charge in [0, 0.05) is 0 Å². The first-order valence-corrected chi connectivity index (χ1v) is 27.3. The third kappa shape index (κ3) is 15.5. The number of carbonyl (C=O) groups excluding carboxylic acids is 4. The summed E-state index contributed by atoms with van der Waals surface area (Å²) in [6.45, 7) is -1.11. The lowest BCUT2D eigenvalue weighted by Gasteiger charge is -2.48. The highest BCUT2D eigenvalue weighted by Crippen LogP contribution is 2.43. The molecule has 8 aromatic rings. The molecule has 0 aliphatic carbocycles. The van der Waals surface area contributed by atoms with E-state index in [4.69, 9.17) is 52.1 Å². The molecule has 83 heavy (non-hydrogen) atoms. The van der Waals surface area contributed by atoms with E-state index in [1.807, 2.05) is 121 Å². The molecule has 0 saturated carbocycles. The third-order valence-corrected chi connectivity index (χ3v) is 13.9. The van der Waals surface area contributed by atoms with Crippen LogP contribution in [0.1, 0.15) is 63.7 Å². The summed E-state index contributed by atoms with van der Waals surface area (Å²) in [5, 5.41) is 0. The average Bonchev–Trinajstić information content (AvgIpc) is 4.11. The van der Waals surface area contributed by atoms with Gasteiger partial charge in [-0.2, -0.15) is 0 Å². The molecule has 0 amide bonds. The molecule has 0 aromatic heterocycles. The summed E-state index contributed by atoms with van der Waals surface area (Å²) in [6.07, 6.45) is -10.8. The van der Waals surface area contributed by atoms with Gasteiger partial charge in [0.2, 0.25) is 5.79 Å². The Kier molecular flexibility index (Phi) is 20.0. The summed E-state index contributed by atoms with van der Waals surface area (Å²) >= 11 is 0. The molecule has 2 aliphatic heterocycles. The van der Waals surface area contributed by atoms with Gasteiger partial charge in [-0.15, -0.1) is 0 Å². The van der Waals surface area contributed by atoms with Crippen LogP contribution in [0, 0.1) is 0 Å². The van der Waals surface area contributed by atoms with Gasteiger partial charge in [-0.25, -0.2) is 19.2 Å². The molecule has 2 heterocycles. The van der Waals surface area contributed by atoms with E-state index in [1.54, 1.807) is 121 Å². The second-order valence-electron chi connectivity index (χ2n) is 19.7. The molecule has 0 spiro atoms. The normalized spacial score (nSPS) is 22.0. The monoisotopic (exact) mass is 1120 g/mol. The van der Waals surface area contributed by atoms with E-state index in [1.165, 1.54) is 0 Å². The fourth-order valence-electron chi connectivity index (χ4n) is 9.71. The molecule has 15 heteroatoms. The minimum absolute atomic E-state index is 0.000842. The lowest BCUT2D eigenvalue weighted by Crippen LogP contribution is -2.65. The summed E-state index contributed by atoms with van der Waals surface area (Å²) in [5.74, 6) is -5.78. The number of carbonyl (C=O) groups is 4. The van der Waals surface area contributed by atoms with E-state index in [9.17, 15) is 19.2 Å². The SMILES string of the molecule is O=C(OC[C@H]1OC(COC(=O)c2ccccc2)(OC2O[C@H](COCc3ccccc3)[C@@H](OCc3ccccc3)[C@H](OCc3ccccc3)[C@@H]2OCc2ccccc2)[C@@H](OC(=O)c2ccccc2)[C@@H]1OC(=O)c1ccccc1)c1ccccc1. The zero-order valence-corrected chi connectivity index (χ0v) is 45.3. The van der Waals surface area contributed by atoms with Gasteiger partial charge < -0.3 is 52.1 Å². The molecule has 2 unspecified atom stereocenters. The van der Waals surface area contributed by atoms with Gasteiger partial charge in [0.1, 0.15) is 43.7 Å². The molecule has 10 rings (SSSR count). The van der Waals surface area contributed by atoms with Gasteiger partial charge in [-0.3, -0.25) is 0 Å². The van der Waals surface area contributed by atoms with E-state index >= 15 is 0 Å². The van der Waals surface area contributed by atoms with Crippen LogP contribution in [0.2, 0.25) is 0 Å². The van der Waals surface area contributed by atoms with Crippen LogP contribution in [0.5, 0.6) is 0 Å². The summed E-state index contributed by atoms with van der Waals surface area (Å²) in [6, 6.07) is 71.1.